The Morgan fingerprint density at radius 3 is 2.34 bits per heavy atom. The van der Waals surface area contributed by atoms with Crippen LogP contribution in [0, 0.1) is 10.8 Å². The van der Waals surface area contributed by atoms with Crippen molar-refractivity contribution in [3.63, 3.8) is 0 Å². The molecule has 6 heteroatoms. The number of amides is 2. The Labute approximate surface area is 174 Å². The molecular formula is C23H36N2O4. The van der Waals surface area contributed by atoms with Crippen LogP contribution in [-0.4, -0.2) is 29.9 Å². The summed E-state index contributed by atoms with van der Waals surface area (Å²) in [6.07, 6.45) is 1.92. The highest BCUT2D eigenvalue weighted by Gasteiger charge is 2.42. The largest absolute Gasteiger partial charge is 0.465 e. The Bertz CT molecular complexity index is 727. The van der Waals surface area contributed by atoms with Crippen molar-refractivity contribution < 1.29 is 19.4 Å². The Morgan fingerprint density at radius 2 is 1.79 bits per heavy atom. The van der Waals surface area contributed by atoms with E-state index in [4.69, 9.17) is 9.84 Å². The van der Waals surface area contributed by atoms with Crippen LogP contribution in [0.5, 0.6) is 5.75 Å². The normalized spacial score (nSPS) is 23.9. The molecule has 1 aliphatic rings. The second-order valence-corrected chi connectivity index (χ2v) is 10.2. The lowest BCUT2D eigenvalue weighted by Crippen LogP contribution is -2.50. The molecule has 29 heavy (non-hydrogen) atoms. The number of hydrogen-bond donors (Lipinski definition) is 3. The van der Waals surface area contributed by atoms with Gasteiger partial charge in [-0.2, -0.15) is 0 Å². The number of carboxylic acid groups (broad SMARTS) is 1. The highest BCUT2D eigenvalue weighted by atomic mass is 16.6. The minimum atomic E-state index is -1.00. The molecule has 0 saturated heterocycles. The molecule has 0 heterocycles. The van der Waals surface area contributed by atoms with Gasteiger partial charge in [0.2, 0.25) is 0 Å². The van der Waals surface area contributed by atoms with Gasteiger partial charge >= 0.3 is 12.2 Å². The zero-order valence-electron chi connectivity index (χ0n) is 18.6. The molecule has 1 aromatic rings. The third kappa shape index (κ3) is 6.65. The van der Waals surface area contributed by atoms with Gasteiger partial charge in [0.05, 0.1) is 0 Å². The highest BCUT2D eigenvalue weighted by molar-refractivity contribution is 5.70. The van der Waals surface area contributed by atoms with Crippen molar-refractivity contribution in [2.24, 2.45) is 10.8 Å². The molecule has 0 bridgehead atoms. The fourth-order valence-electron chi connectivity index (χ4n) is 4.65. The third-order valence-electron chi connectivity index (χ3n) is 6.16. The van der Waals surface area contributed by atoms with E-state index in [1.54, 1.807) is 0 Å². The van der Waals surface area contributed by atoms with E-state index in [2.05, 4.69) is 52.2 Å². The quantitative estimate of drug-likeness (QED) is 0.599. The van der Waals surface area contributed by atoms with Crippen LogP contribution in [0.3, 0.4) is 0 Å². The maximum Gasteiger partial charge on any atom is 0.412 e. The Balaban J connectivity index is 1.94. The zero-order valence-corrected chi connectivity index (χ0v) is 18.6. The second kappa shape index (κ2) is 8.64. The van der Waals surface area contributed by atoms with Gasteiger partial charge in [-0.1, -0.05) is 53.7 Å². The molecule has 3 N–H and O–H groups in total. The van der Waals surface area contributed by atoms with Crippen LogP contribution in [-0.2, 0) is 5.41 Å². The van der Waals surface area contributed by atoms with Gasteiger partial charge in [-0.25, -0.2) is 9.59 Å². The minimum absolute atomic E-state index is 0.00634. The fraction of sp³-hybridized carbons (Fsp3) is 0.652. The molecule has 2 unspecified atom stereocenters. The standard InChI is InChI=1S/C23H36N2O4/c1-7-22(4,5)16-8-10-18(11-9-16)29-20(28)24-15-23(6)13-17(25-19(26)27)12-21(2,3)14-23/h8-11,17,25H,7,12-15H2,1-6H3,(H,24,28)(H,26,27). The molecule has 1 aliphatic carbocycles. The van der Waals surface area contributed by atoms with Gasteiger partial charge in [-0.15, -0.1) is 0 Å². The number of carbonyl (C=O) groups excluding carboxylic acids is 1. The van der Waals surface area contributed by atoms with Crippen molar-refractivity contribution >= 4 is 12.2 Å². The van der Waals surface area contributed by atoms with Gasteiger partial charge in [0.25, 0.3) is 0 Å². The molecule has 2 amide bonds. The predicted molar refractivity (Wildman–Crippen MR) is 114 cm³/mol. The second-order valence-electron chi connectivity index (χ2n) is 10.2. The van der Waals surface area contributed by atoms with E-state index in [-0.39, 0.29) is 22.3 Å². The van der Waals surface area contributed by atoms with Gasteiger partial charge in [0.15, 0.2) is 0 Å². The molecule has 0 spiro atoms. The number of rotatable bonds is 6. The average Bonchev–Trinajstić information content (AvgIpc) is 2.58. The molecule has 0 aromatic heterocycles. The van der Waals surface area contributed by atoms with Crippen LogP contribution < -0.4 is 15.4 Å². The lowest BCUT2D eigenvalue weighted by Gasteiger charge is -2.46. The molecule has 2 atom stereocenters. The fourth-order valence-corrected chi connectivity index (χ4v) is 4.65. The number of benzene rings is 1. The summed E-state index contributed by atoms with van der Waals surface area (Å²) >= 11 is 0. The number of nitrogens with one attached hydrogen (secondary N) is 2. The monoisotopic (exact) mass is 404 g/mol. The van der Waals surface area contributed by atoms with E-state index in [0.29, 0.717) is 18.7 Å². The smallest absolute Gasteiger partial charge is 0.412 e. The zero-order chi connectivity index (χ0) is 21.9. The summed E-state index contributed by atoms with van der Waals surface area (Å²) in [7, 11) is 0. The molecular weight excluding hydrogens is 368 g/mol. The van der Waals surface area contributed by atoms with Gasteiger partial charge in [-0.05, 0) is 59.6 Å². The van der Waals surface area contributed by atoms with Gasteiger partial charge in [-0.3, -0.25) is 0 Å². The van der Waals surface area contributed by atoms with Gasteiger partial charge in [0.1, 0.15) is 5.75 Å². The van der Waals surface area contributed by atoms with Crippen LogP contribution in [0.25, 0.3) is 0 Å². The maximum absolute atomic E-state index is 12.3. The van der Waals surface area contributed by atoms with Gasteiger partial charge in [0, 0.05) is 12.6 Å². The van der Waals surface area contributed by atoms with E-state index in [1.165, 1.54) is 5.56 Å². The lowest BCUT2D eigenvalue weighted by molar-refractivity contribution is 0.0695. The summed E-state index contributed by atoms with van der Waals surface area (Å²) in [6, 6.07) is 7.53. The number of ether oxygens (including phenoxy) is 1. The first kappa shape index (κ1) is 23.0. The molecule has 0 aliphatic heterocycles. The first-order chi connectivity index (χ1) is 13.3. The van der Waals surface area contributed by atoms with E-state index in [1.807, 2.05) is 24.3 Å². The van der Waals surface area contributed by atoms with Crippen molar-refractivity contribution in [3.05, 3.63) is 29.8 Å². The SMILES string of the molecule is CCC(C)(C)c1ccc(OC(=O)NCC2(C)CC(NC(=O)O)CC(C)(C)C2)cc1. The molecule has 1 fully saturated rings. The predicted octanol–water partition coefficient (Wildman–Crippen LogP) is 5.32. The van der Waals surface area contributed by atoms with Gasteiger partial charge < -0.3 is 20.5 Å². The van der Waals surface area contributed by atoms with Crippen molar-refractivity contribution in [1.29, 1.82) is 0 Å². The third-order valence-corrected chi connectivity index (χ3v) is 6.16. The summed E-state index contributed by atoms with van der Waals surface area (Å²) < 4.78 is 5.44. The molecule has 1 saturated carbocycles. The van der Waals surface area contributed by atoms with Crippen LogP contribution in [0.2, 0.25) is 0 Å². The summed E-state index contributed by atoms with van der Waals surface area (Å²) in [4.78, 5) is 23.4. The first-order valence-electron chi connectivity index (χ1n) is 10.4. The Kier molecular flexibility index (Phi) is 6.86. The minimum Gasteiger partial charge on any atom is -0.465 e. The lowest BCUT2D eigenvalue weighted by atomic mass is 9.62. The molecule has 6 nitrogen and oxygen atoms in total. The molecule has 162 valence electrons. The number of hydrogen-bond acceptors (Lipinski definition) is 3. The van der Waals surface area contributed by atoms with E-state index >= 15 is 0 Å². The van der Waals surface area contributed by atoms with E-state index < -0.39 is 12.2 Å². The van der Waals surface area contributed by atoms with Crippen LogP contribution >= 0.6 is 0 Å². The van der Waals surface area contributed by atoms with Crippen molar-refractivity contribution in [2.45, 2.75) is 78.7 Å². The van der Waals surface area contributed by atoms with Crippen LogP contribution in [0.4, 0.5) is 9.59 Å². The van der Waals surface area contributed by atoms with E-state index in [9.17, 15) is 9.59 Å². The first-order valence-corrected chi connectivity index (χ1v) is 10.4. The maximum atomic E-state index is 12.3. The van der Waals surface area contributed by atoms with Crippen molar-refractivity contribution in [1.82, 2.24) is 10.6 Å². The Hall–Kier alpha value is -2.24. The van der Waals surface area contributed by atoms with Crippen molar-refractivity contribution in [3.8, 4) is 5.75 Å². The van der Waals surface area contributed by atoms with Crippen molar-refractivity contribution in [2.75, 3.05) is 6.54 Å². The molecule has 0 radical (unpaired) electrons. The summed E-state index contributed by atoms with van der Waals surface area (Å²) in [5, 5.41) is 14.6. The van der Waals surface area contributed by atoms with Crippen LogP contribution in [0.1, 0.15) is 72.8 Å². The van der Waals surface area contributed by atoms with E-state index in [0.717, 1.165) is 19.3 Å². The highest BCUT2D eigenvalue weighted by Crippen LogP contribution is 2.45. The summed E-state index contributed by atoms with van der Waals surface area (Å²) in [5.41, 5.74) is 1.09. The topological polar surface area (TPSA) is 87.7 Å². The average molecular weight is 405 g/mol. The molecule has 2 rings (SSSR count). The summed E-state index contributed by atoms with van der Waals surface area (Å²) in [5.74, 6) is 0.512. The Morgan fingerprint density at radius 1 is 1.17 bits per heavy atom. The molecule has 1 aromatic carbocycles. The number of carbonyl (C=O) groups is 2. The van der Waals surface area contributed by atoms with Crippen LogP contribution in [0.15, 0.2) is 24.3 Å². The summed E-state index contributed by atoms with van der Waals surface area (Å²) in [6.45, 7) is 13.3.